The van der Waals surface area contributed by atoms with Crippen LogP contribution >= 0.6 is 11.3 Å². The summed E-state index contributed by atoms with van der Waals surface area (Å²) in [5, 5.41) is 25.2. The number of hydrogen-bond acceptors (Lipinski definition) is 6. The van der Waals surface area contributed by atoms with Gasteiger partial charge in [0.15, 0.2) is 0 Å². The van der Waals surface area contributed by atoms with Crippen molar-refractivity contribution < 1.29 is 14.8 Å². The van der Waals surface area contributed by atoms with Crippen molar-refractivity contribution in [2.24, 2.45) is 0 Å². The lowest BCUT2D eigenvalue weighted by Crippen LogP contribution is -2.47. The highest BCUT2D eigenvalue weighted by Gasteiger charge is 2.28. The van der Waals surface area contributed by atoms with Crippen molar-refractivity contribution in [3.05, 3.63) is 27.8 Å². The average molecular weight is 322 g/mol. The Kier molecular flexibility index (Phi) is 3.80. The van der Waals surface area contributed by atoms with E-state index in [4.69, 9.17) is 5.11 Å². The van der Waals surface area contributed by atoms with E-state index >= 15 is 0 Å². The highest BCUT2D eigenvalue weighted by Crippen LogP contribution is 2.38. The molecule has 1 aliphatic rings. The number of anilines is 1. The number of carboxylic acid groups (broad SMARTS) is 1. The van der Waals surface area contributed by atoms with Gasteiger partial charge in [-0.1, -0.05) is 0 Å². The Hall–Kier alpha value is -2.42. The highest BCUT2D eigenvalue weighted by molar-refractivity contribution is 7.16. The molecule has 1 amide bonds. The molecule has 116 valence electrons. The number of nitrogens with zero attached hydrogens (tertiary/aromatic N) is 3. The molecule has 0 unspecified atom stereocenters. The third-order valence-electron chi connectivity index (χ3n) is 3.71. The Morgan fingerprint density at radius 2 is 2.41 bits per heavy atom. The lowest BCUT2D eigenvalue weighted by molar-refractivity contribution is -0.384. The molecule has 8 nitrogen and oxygen atoms in total. The quantitative estimate of drug-likeness (QED) is 0.663. The van der Waals surface area contributed by atoms with E-state index < -0.39 is 11.0 Å². The normalized spacial score (nSPS) is 18.4. The number of nitro groups is 1. The average Bonchev–Trinajstić information content (AvgIpc) is 2.93. The summed E-state index contributed by atoms with van der Waals surface area (Å²) in [5.41, 5.74) is 0.495. The van der Waals surface area contributed by atoms with Gasteiger partial charge in [0.1, 0.15) is 16.7 Å². The molecule has 0 aliphatic carbocycles. The number of nitrogens with one attached hydrogen (secondary N) is 1. The summed E-state index contributed by atoms with van der Waals surface area (Å²) in [6.07, 6.45) is 1.71. The maximum Gasteiger partial charge on any atom is 0.404 e. The first-order valence-electron chi connectivity index (χ1n) is 6.81. The van der Waals surface area contributed by atoms with E-state index in [0.717, 1.165) is 23.1 Å². The van der Waals surface area contributed by atoms with Crippen LogP contribution in [0.5, 0.6) is 0 Å². The maximum absolute atomic E-state index is 11.3. The van der Waals surface area contributed by atoms with Crippen LogP contribution in [0.3, 0.4) is 0 Å². The molecule has 0 spiro atoms. The van der Waals surface area contributed by atoms with Gasteiger partial charge in [-0.2, -0.15) is 0 Å². The molecule has 2 N–H and O–H groups in total. The second-order valence-electron chi connectivity index (χ2n) is 5.12. The van der Waals surface area contributed by atoms with Gasteiger partial charge in [-0.3, -0.25) is 10.1 Å². The molecule has 0 aromatic carbocycles. The molecular formula is C13H14N4O4S. The van der Waals surface area contributed by atoms with Crippen LogP contribution in [0, 0.1) is 10.1 Å². The molecule has 22 heavy (non-hydrogen) atoms. The third kappa shape index (κ3) is 2.67. The largest absolute Gasteiger partial charge is 0.465 e. The van der Waals surface area contributed by atoms with Gasteiger partial charge in [0, 0.05) is 24.5 Å². The van der Waals surface area contributed by atoms with Crippen molar-refractivity contribution in [1.29, 1.82) is 0 Å². The number of aromatic nitrogens is 1. The molecular weight excluding hydrogens is 308 g/mol. The second-order valence-corrected chi connectivity index (χ2v) is 6.02. The Morgan fingerprint density at radius 3 is 3.14 bits per heavy atom. The first-order chi connectivity index (χ1) is 10.6. The van der Waals surface area contributed by atoms with Gasteiger partial charge in [-0.15, -0.1) is 11.3 Å². The van der Waals surface area contributed by atoms with Crippen molar-refractivity contribution in [1.82, 2.24) is 10.3 Å². The zero-order valence-electron chi connectivity index (χ0n) is 11.6. The van der Waals surface area contributed by atoms with Crippen LogP contribution in [0.25, 0.3) is 10.2 Å². The van der Waals surface area contributed by atoms with Gasteiger partial charge in [0.2, 0.25) is 0 Å². The van der Waals surface area contributed by atoms with Crippen molar-refractivity contribution in [2.75, 3.05) is 18.0 Å². The van der Waals surface area contributed by atoms with Crippen molar-refractivity contribution in [3.8, 4) is 0 Å². The standard InChI is InChI=1S/C13H14N4O4S/c18-13(19)15-8-2-1-4-16(7-8)11-9-3-5-22-12(9)14-6-10(11)17(20)21/h3,5-6,8,15H,1-2,4,7H2,(H,18,19)/t8-/m0/s1. The highest BCUT2D eigenvalue weighted by atomic mass is 32.1. The lowest BCUT2D eigenvalue weighted by Gasteiger charge is -2.34. The summed E-state index contributed by atoms with van der Waals surface area (Å²) >= 11 is 1.43. The van der Waals surface area contributed by atoms with E-state index in [2.05, 4.69) is 10.3 Å². The summed E-state index contributed by atoms with van der Waals surface area (Å²) in [5.74, 6) is 0. The topological polar surface area (TPSA) is 109 Å². The van der Waals surface area contributed by atoms with E-state index in [1.165, 1.54) is 17.5 Å². The van der Waals surface area contributed by atoms with E-state index in [9.17, 15) is 14.9 Å². The van der Waals surface area contributed by atoms with Crippen LogP contribution < -0.4 is 10.2 Å². The molecule has 1 aliphatic heterocycles. The van der Waals surface area contributed by atoms with Gasteiger partial charge >= 0.3 is 11.8 Å². The van der Waals surface area contributed by atoms with Gasteiger partial charge < -0.3 is 15.3 Å². The number of fused-ring (bicyclic) bond motifs is 1. The van der Waals surface area contributed by atoms with Crippen molar-refractivity contribution >= 4 is 39.0 Å². The minimum absolute atomic E-state index is 0.0399. The number of piperidine rings is 1. The van der Waals surface area contributed by atoms with E-state index in [0.29, 0.717) is 18.8 Å². The fraction of sp³-hybridized carbons (Fsp3) is 0.385. The van der Waals surface area contributed by atoms with Crippen LogP contribution in [0.2, 0.25) is 0 Å². The number of carbonyl (C=O) groups is 1. The molecule has 9 heteroatoms. The molecule has 2 aromatic heterocycles. The lowest BCUT2D eigenvalue weighted by atomic mass is 10.0. The molecule has 0 saturated carbocycles. The van der Waals surface area contributed by atoms with Crippen LogP contribution in [-0.4, -0.2) is 40.2 Å². The molecule has 1 fully saturated rings. The maximum atomic E-state index is 11.3. The predicted octanol–water partition coefficient (Wildman–Crippen LogP) is 2.44. The number of thiophene rings is 1. The molecule has 2 aromatic rings. The van der Waals surface area contributed by atoms with Gasteiger partial charge in [-0.05, 0) is 24.3 Å². The van der Waals surface area contributed by atoms with Crippen molar-refractivity contribution in [2.45, 2.75) is 18.9 Å². The fourth-order valence-corrected chi connectivity index (χ4v) is 3.58. The zero-order chi connectivity index (χ0) is 15.7. The summed E-state index contributed by atoms with van der Waals surface area (Å²) in [4.78, 5) is 28.5. The summed E-state index contributed by atoms with van der Waals surface area (Å²) < 4.78 is 0. The number of amides is 1. The predicted molar refractivity (Wildman–Crippen MR) is 82.7 cm³/mol. The first-order valence-corrected chi connectivity index (χ1v) is 7.69. The van der Waals surface area contributed by atoms with Gasteiger partial charge in [-0.25, -0.2) is 9.78 Å². The third-order valence-corrected chi connectivity index (χ3v) is 4.53. The summed E-state index contributed by atoms with van der Waals surface area (Å²) in [6, 6.07) is 1.59. The smallest absolute Gasteiger partial charge is 0.404 e. The Bertz CT molecular complexity index is 732. The van der Waals surface area contributed by atoms with E-state index in [1.54, 1.807) is 0 Å². The molecule has 1 saturated heterocycles. The van der Waals surface area contributed by atoms with Crippen LogP contribution in [0.4, 0.5) is 16.2 Å². The summed E-state index contributed by atoms with van der Waals surface area (Å²) in [7, 11) is 0. The molecule has 3 heterocycles. The monoisotopic (exact) mass is 322 g/mol. The summed E-state index contributed by atoms with van der Waals surface area (Å²) in [6.45, 7) is 1.08. The fourth-order valence-electron chi connectivity index (χ4n) is 2.84. The molecule has 3 rings (SSSR count). The van der Waals surface area contributed by atoms with Crippen LogP contribution in [0.1, 0.15) is 12.8 Å². The minimum atomic E-state index is -1.07. The number of rotatable bonds is 3. The second kappa shape index (κ2) is 5.76. The SMILES string of the molecule is O=C(O)N[C@H]1CCCN(c2c([N+](=O)[O-])cnc3sccc23)C1. The van der Waals surface area contributed by atoms with Crippen molar-refractivity contribution in [3.63, 3.8) is 0 Å². The first kappa shape index (κ1) is 14.5. The number of pyridine rings is 1. The van der Waals surface area contributed by atoms with E-state index in [1.807, 2.05) is 16.3 Å². The molecule has 1 atom stereocenters. The Labute approximate surface area is 129 Å². The van der Waals surface area contributed by atoms with Crippen LogP contribution in [-0.2, 0) is 0 Å². The zero-order valence-corrected chi connectivity index (χ0v) is 12.4. The minimum Gasteiger partial charge on any atom is -0.465 e. The Morgan fingerprint density at radius 1 is 1.59 bits per heavy atom. The van der Waals surface area contributed by atoms with Crippen LogP contribution in [0.15, 0.2) is 17.6 Å². The van der Waals surface area contributed by atoms with Gasteiger partial charge in [0.05, 0.1) is 4.92 Å². The molecule has 0 radical (unpaired) electrons. The van der Waals surface area contributed by atoms with E-state index in [-0.39, 0.29) is 11.7 Å². The van der Waals surface area contributed by atoms with Gasteiger partial charge in [0.25, 0.3) is 0 Å². The Balaban J connectivity index is 2.00. The number of hydrogen-bond donors (Lipinski definition) is 2. The molecule has 0 bridgehead atoms.